The van der Waals surface area contributed by atoms with Gasteiger partial charge < -0.3 is 24.8 Å². The van der Waals surface area contributed by atoms with Crippen molar-refractivity contribution >= 4 is 17.2 Å². The van der Waals surface area contributed by atoms with Crippen molar-refractivity contribution in [1.82, 2.24) is 20.4 Å². The monoisotopic (exact) mass is 530 g/mol. The number of hydrogen-bond donors (Lipinski definition) is 3. The maximum atomic E-state index is 11.2. The molecule has 0 aliphatic heterocycles. The van der Waals surface area contributed by atoms with Crippen molar-refractivity contribution < 1.29 is 24.3 Å². The summed E-state index contributed by atoms with van der Waals surface area (Å²) >= 11 is 1.70. The fourth-order valence-electron chi connectivity index (χ4n) is 4.06. The number of thiophene rings is 1. The number of rotatable bonds is 14. The molecule has 0 bridgehead atoms. The zero-order chi connectivity index (χ0) is 26.9. The van der Waals surface area contributed by atoms with Gasteiger partial charge in [0, 0.05) is 23.5 Å². The van der Waals surface area contributed by atoms with Crippen LogP contribution in [0.4, 0.5) is 0 Å². The summed E-state index contributed by atoms with van der Waals surface area (Å²) in [5.74, 6) is 1.17. The molecule has 1 amide bonds. The van der Waals surface area contributed by atoms with Gasteiger partial charge in [0.25, 0.3) is 5.89 Å². The minimum atomic E-state index is -0.899. The number of aliphatic hydroxyl groups excluding tert-OH is 2. The van der Waals surface area contributed by atoms with Crippen molar-refractivity contribution in [2.45, 2.75) is 60.1 Å². The SMILES string of the molecule is CCCN(CC)Cc1sc(-c2nc(-c3cc(C)c(OCC(O)CNC(=O)CO)c(CC)c3)no2)cc1C. The van der Waals surface area contributed by atoms with Gasteiger partial charge >= 0.3 is 0 Å². The standard InChI is InChI=1S/C27H38N4O5S/c1-6-9-31(8-3)14-23-17(4)11-22(37-23)27-29-26(30-36-27)20-10-18(5)25(19(7-2)12-20)35-16-21(33)13-28-24(34)15-32/h10-12,21,32-33H,6-9,13-16H2,1-5H3,(H,28,34). The third kappa shape index (κ3) is 7.61. The highest BCUT2D eigenvalue weighted by Crippen LogP contribution is 2.34. The van der Waals surface area contributed by atoms with Crippen molar-refractivity contribution in [1.29, 1.82) is 0 Å². The first-order valence-electron chi connectivity index (χ1n) is 12.8. The second-order valence-corrected chi connectivity index (χ2v) is 10.2. The highest BCUT2D eigenvalue weighted by Gasteiger charge is 2.19. The Labute approximate surface area is 222 Å². The molecule has 10 heteroatoms. The molecule has 202 valence electrons. The van der Waals surface area contributed by atoms with Gasteiger partial charge in [-0.1, -0.05) is 25.9 Å². The van der Waals surface area contributed by atoms with Crippen LogP contribution in [0, 0.1) is 13.8 Å². The minimum absolute atomic E-state index is 0.00259. The van der Waals surface area contributed by atoms with Crippen LogP contribution < -0.4 is 10.1 Å². The number of carbonyl (C=O) groups excluding carboxylic acids is 1. The topological polar surface area (TPSA) is 121 Å². The smallest absolute Gasteiger partial charge is 0.268 e. The molecule has 0 saturated heterocycles. The molecule has 9 nitrogen and oxygen atoms in total. The molecule has 2 aromatic heterocycles. The first kappa shape index (κ1) is 28.8. The summed E-state index contributed by atoms with van der Waals surface area (Å²) in [4.78, 5) is 20.6. The number of aryl methyl sites for hydroxylation is 3. The first-order valence-corrected chi connectivity index (χ1v) is 13.6. The van der Waals surface area contributed by atoms with Gasteiger partial charge in [0.1, 0.15) is 25.1 Å². The molecule has 0 aliphatic rings. The predicted molar refractivity (Wildman–Crippen MR) is 145 cm³/mol. The molecular weight excluding hydrogens is 492 g/mol. The Morgan fingerprint density at radius 2 is 2.00 bits per heavy atom. The molecule has 1 atom stereocenters. The molecule has 2 heterocycles. The summed E-state index contributed by atoms with van der Waals surface area (Å²) in [7, 11) is 0. The zero-order valence-electron chi connectivity index (χ0n) is 22.3. The van der Waals surface area contributed by atoms with E-state index in [0.29, 0.717) is 23.9 Å². The summed E-state index contributed by atoms with van der Waals surface area (Å²) in [6, 6.07) is 6.04. The number of hydrogen-bond acceptors (Lipinski definition) is 9. The van der Waals surface area contributed by atoms with Gasteiger partial charge in [0.15, 0.2) is 0 Å². The normalized spacial score (nSPS) is 12.2. The number of nitrogens with zero attached hydrogens (tertiary/aromatic N) is 3. The lowest BCUT2D eigenvalue weighted by atomic mass is 10.0. The quantitative estimate of drug-likeness (QED) is 0.288. The summed E-state index contributed by atoms with van der Waals surface area (Å²) in [5, 5.41) is 25.6. The fraction of sp³-hybridized carbons (Fsp3) is 0.519. The van der Waals surface area contributed by atoms with E-state index in [-0.39, 0.29) is 13.2 Å². The number of aromatic nitrogens is 2. The van der Waals surface area contributed by atoms with Gasteiger partial charge in [-0.3, -0.25) is 9.69 Å². The Morgan fingerprint density at radius 1 is 1.22 bits per heavy atom. The van der Waals surface area contributed by atoms with Crippen molar-refractivity contribution in [3.05, 3.63) is 39.8 Å². The average molecular weight is 531 g/mol. The van der Waals surface area contributed by atoms with E-state index < -0.39 is 18.6 Å². The fourth-order valence-corrected chi connectivity index (χ4v) is 5.20. The van der Waals surface area contributed by atoms with E-state index in [4.69, 9.17) is 14.4 Å². The molecule has 0 radical (unpaired) electrons. The van der Waals surface area contributed by atoms with Gasteiger partial charge in [-0.15, -0.1) is 11.3 Å². The van der Waals surface area contributed by atoms with Crippen LogP contribution in [-0.4, -0.2) is 70.1 Å². The number of carbonyl (C=O) groups is 1. The van der Waals surface area contributed by atoms with Gasteiger partial charge in [0.05, 0.1) is 4.88 Å². The molecule has 1 aromatic carbocycles. The molecule has 3 aromatic rings. The number of aliphatic hydroxyl groups is 2. The summed E-state index contributed by atoms with van der Waals surface area (Å²) < 4.78 is 11.5. The molecule has 37 heavy (non-hydrogen) atoms. The molecule has 0 spiro atoms. The van der Waals surface area contributed by atoms with Crippen LogP contribution >= 0.6 is 11.3 Å². The van der Waals surface area contributed by atoms with E-state index in [0.717, 1.165) is 47.6 Å². The number of benzene rings is 1. The van der Waals surface area contributed by atoms with E-state index in [1.165, 1.54) is 10.4 Å². The van der Waals surface area contributed by atoms with Crippen molar-refractivity contribution in [2.75, 3.05) is 32.8 Å². The van der Waals surface area contributed by atoms with Gasteiger partial charge in [-0.2, -0.15) is 4.98 Å². The van der Waals surface area contributed by atoms with E-state index in [2.05, 4.69) is 47.2 Å². The number of nitrogens with one attached hydrogen (secondary N) is 1. The Bertz CT molecular complexity index is 1180. The third-order valence-corrected chi connectivity index (χ3v) is 7.31. The Balaban J connectivity index is 1.74. The first-order chi connectivity index (χ1) is 17.8. The lowest BCUT2D eigenvalue weighted by Crippen LogP contribution is -2.36. The second kappa shape index (κ2) is 13.7. The molecule has 0 fully saturated rings. The second-order valence-electron chi connectivity index (χ2n) is 9.07. The van der Waals surface area contributed by atoms with Crippen LogP contribution in [0.2, 0.25) is 0 Å². The third-order valence-electron chi connectivity index (χ3n) is 6.10. The predicted octanol–water partition coefficient (Wildman–Crippen LogP) is 3.72. The lowest BCUT2D eigenvalue weighted by Gasteiger charge is -2.18. The minimum Gasteiger partial charge on any atom is -0.490 e. The molecule has 3 rings (SSSR count). The largest absolute Gasteiger partial charge is 0.490 e. The maximum Gasteiger partial charge on any atom is 0.268 e. The average Bonchev–Trinajstić information content (AvgIpc) is 3.52. The number of amides is 1. The van der Waals surface area contributed by atoms with E-state index in [9.17, 15) is 9.90 Å². The maximum absolute atomic E-state index is 11.2. The summed E-state index contributed by atoms with van der Waals surface area (Å²) in [5.41, 5.74) is 3.91. The van der Waals surface area contributed by atoms with Crippen molar-refractivity contribution in [2.24, 2.45) is 0 Å². The van der Waals surface area contributed by atoms with Crippen LogP contribution in [0.5, 0.6) is 5.75 Å². The van der Waals surface area contributed by atoms with Crippen LogP contribution in [0.1, 0.15) is 48.8 Å². The van der Waals surface area contributed by atoms with Gasteiger partial charge in [-0.05, 0) is 74.7 Å². The summed E-state index contributed by atoms with van der Waals surface area (Å²) in [6.07, 6.45) is 0.945. The van der Waals surface area contributed by atoms with Crippen molar-refractivity contribution in [3.8, 4) is 27.9 Å². The molecule has 3 N–H and O–H groups in total. The van der Waals surface area contributed by atoms with Crippen LogP contribution in [0.25, 0.3) is 22.2 Å². The zero-order valence-corrected chi connectivity index (χ0v) is 23.2. The Kier molecular flexibility index (Phi) is 10.6. The van der Waals surface area contributed by atoms with Crippen LogP contribution in [0.15, 0.2) is 22.7 Å². The molecule has 0 aliphatic carbocycles. The summed E-state index contributed by atoms with van der Waals surface area (Å²) in [6.45, 7) is 12.9. The van der Waals surface area contributed by atoms with Crippen LogP contribution in [-0.2, 0) is 17.8 Å². The molecule has 1 unspecified atom stereocenters. The number of ether oxygens (including phenoxy) is 1. The van der Waals surface area contributed by atoms with Crippen molar-refractivity contribution in [3.63, 3.8) is 0 Å². The lowest BCUT2D eigenvalue weighted by molar-refractivity contribution is -0.124. The van der Waals surface area contributed by atoms with E-state index >= 15 is 0 Å². The Hall–Kier alpha value is -2.79. The highest BCUT2D eigenvalue weighted by molar-refractivity contribution is 7.15. The molecular formula is C27H38N4O5S. The van der Waals surface area contributed by atoms with E-state index in [1.807, 2.05) is 26.0 Å². The Morgan fingerprint density at radius 3 is 2.68 bits per heavy atom. The highest BCUT2D eigenvalue weighted by atomic mass is 32.1. The van der Waals surface area contributed by atoms with E-state index in [1.54, 1.807) is 11.3 Å². The van der Waals surface area contributed by atoms with Crippen LogP contribution in [0.3, 0.4) is 0 Å². The van der Waals surface area contributed by atoms with Gasteiger partial charge in [0.2, 0.25) is 11.7 Å². The van der Waals surface area contributed by atoms with Gasteiger partial charge in [-0.25, -0.2) is 0 Å². The molecule has 0 saturated carbocycles.